The molecule has 5 aliphatic heterocycles. The van der Waals surface area contributed by atoms with Crippen molar-refractivity contribution in [3.63, 3.8) is 0 Å². The van der Waals surface area contributed by atoms with Gasteiger partial charge in [-0.3, -0.25) is 18.9 Å². The monoisotopic (exact) mass is 1200 g/mol. The van der Waals surface area contributed by atoms with Gasteiger partial charge in [0.15, 0.2) is 31.5 Å². The lowest BCUT2D eigenvalue weighted by atomic mass is 9.94. The first-order chi connectivity index (χ1) is 37.5. The van der Waals surface area contributed by atoms with Crippen molar-refractivity contribution >= 4 is 28.1 Å². The smallest absolute Gasteiger partial charge is 0.394 e. The molecule has 0 aromatic heterocycles. The molecule has 37 nitrogen and oxygen atoms in total. The van der Waals surface area contributed by atoms with Crippen LogP contribution in [-0.2, 0) is 76.3 Å². The molecule has 21 N–H and O–H groups in total. The van der Waals surface area contributed by atoms with E-state index in [9.17, 15) is 110 Å². The lowest BCUT2D eigenvalue weighted by Gasteiger charge is -2.49. The van der Waals surface area contributed by atoms with Gasteiger partial charge in [-0.25, -0.2) is 4.18 Å². The van der Waals surface area contributed by atoms with Crippen LogP contribution in [0, 0.1) is 0 Å². The van der Waals surface area contributed by atoms with Crippen molar-refractivity contribution in [1.82, 2.24) is 16.0 Å². The fraction of sp³-hybridized carbons (Fsp3) is 0.929. The molecule has 29 atom stereocenters. The lowest BCUT2D eigenvalue weighted by molar-refractivity contribution is -0.372. The minimum atomic E-state index is -5.12. The van der Waals surface area contributed by atoms with Gasteiger partial charge in [0.05, 0.1) is 52.3 Å². The Morgan fingerprint density at radius 3 is 1.39 bits per heavy atom. The molecule has 0 spiro atoms. The van der Waals surface area contributed by atoms with Crippen LogP contribution in [0.25, 0.3) is 0 Å². The summed E-state index contributed by atoms with van der Waals surface area (Å²) in [5.74, 6) is -2.60. The largest absolute Gasteiger partial charge is 0.397 e. The van der Waals surface area contributed by atoms with Crippen LogP contribution in [0.3, 0.4) is 0 Å². The van der Waals surface area contributed by atoms with Gasteiger partial charge in [-0.1, -0.05) is 0 Å². The van der Waals surface area contributed by atoms with Gasteiger partial charge >= 0.3 is 10.4 Å². The summed E-state index contributed by atoms with van der Waals surface area (Å²) in [6, 6.07) is -5.28. The highest BCUT2D eigenvalue weighted by Gasteiger charge is 2.56. The van der Waals surface area contributed by atoms with E-state index in [1.54, 1.807) is 0 Å². The summed E-state index contributed by atoms with van der Waals surface area (Å²) in [5, 5.41) is 190. The molecule has 0 radical (unpaired) electrons. The molecular formula is C42H73N3O34S. The molecule has 5 fully saturated rings. The van der Waals surface area contributed by atoms with Gasteiger partial charge in [0.2, 0.25) is 17.7 Å². The Hall–Kier alpha value is -2.80. The van der Waals surface area contributed by atoms with E-state index in [0.717, 1.165) is 20.8 Å². The number of carbonyl (C=O) groups excluding carboxylic acids is 3. The number of hydrogen-bond donors (Lipinski definition) is 21. The van der Waals surface area contributed by atoms with Gasteiger partial charge in [0.25, 0.3) is 0 Å². The Bertz CT molecular complexity index is 2070. The van der Waals surface area contributed by atoms with Crippen molar-refractivity contribution < 1.29 is 166 Å². The Labute approximate surface area is 453 Å². The van der Waals surface area contributed by atoms with Crippen molar-refractivity contribution in [2.45, 2.75) is 199 Å². The standard InChI is InChI=1S/C42H73N3O34S/c1-11(51)43-14(4-46)34(23(55)15(54)9-69-38-21(44-12(2)52)27(59)35(18(7-49)73-38)78-41-32(64)30(62)25(57)20(75-41)10-70-80(66,67)68)76-42-33(65)37(26(58)17(6-48)72-42)79-39-22(45-13(3)53)28(60)36(19(8-50)74-39)77-40-31(63)29(61)24(56)16(5-47)71-40/h14-42,46-50,54-65H,4-10H2,1-3H3,(H,43,51)(H,44,52)(H,45,53)(H,66,67,68)/t14-,15+,16+,17+,18+,19+,20+,21+,22+,23-,24-,25-,26-,27+,28+,29-,30-,31+,32+,33+,34+,35+,36+,37-,38+,39-,40-,41-,42-/m0/s1. The van der Waals surface area contributed by atoms with E-state index in [1.807, 2.05) is 0 Å². The zero-order valence-electron chi connectivity index (χ0n) is 42.7. The molecule has 5 rings (SSSR count). The second kappa shape index (κ2) is 29.8. The second-order valence-electron chi connectivity index (χ2n) is 19.3. The SMILES string of the molecule is CC(=O)N[C@H]1[C@H](OC[C@@H](O)[C@H](O)[C@H](O[C@@H]2O[C@H](CO)[C@H](O)[C@H](O[C@@H]3O[C@H](CO)[C@@H](O[C@@H]4O[C@H](CO)[C@H](O)[C@H](O)[C@H]4O)[C@H](O)[C@H]3NC(C)=O)[C@H]2O)[C@H](CO)NC(C)=O)O[C@H](CO)[C@@H](O[C@@H]2O[C@H](COS(=O)(=O)O)[C@H](O)[C@H](O)[C@H]2O)[C@@H]1O. The van der Waals surface area contributed by atoms with Crippen LogP contribution in [0.1, 0.15) is 20.8 Å². The van der Waals surface area contributed by atoms with Crippen LogP contribution in [-0.4, -0.2) is 342 Å². The summed E-state index contributed by atoms with van der Waals surface area (Å²) in [7, 11) is -5.12. The topological polar surface area (TPSA) is 587 Å². The second-order valence-corrected chi connectivity index (χ2v) is 20.4. The molecule has 38 heteroatoms. The number of carbonyl (C=O) groups is 3. The molecule has 5 saturated heterocycles. The van der Waals surface area contributed by atoms with E-state index in [-0.39, 0.29) is 0 Å². The zero-order chi connectivity index (χ0) is 59.8. The number of rotatable bonds is 25. The summed E-state index contributed by atoms with van der Waals surface area (Å²) in [4.78, 5) is 37.2. The molecular weight excluding hydrogens is 1120 g/mol. The van der Waals surface area contributed by atoms with Gasteiger partial charge in [-0.05, 0) is 0 Å². The summed E-state index contributed by atoms with van der Waals surface area (Å²) >= 11 is 0. The molecule has 0 aliphatic carbocycles. The first-order valence-corrected chi connectivity index (χ1v) is 26.0. The van der Waals surface area contributed by atoms with Crippen molar-refractivity contribution in [2.75, 3.05) is 46.2 Å². The minimum absolute atomic E-state index is 0.864. The normalized spacial score (nSPS) is 42.4. The van der Waals surface area contributed by atoms with E-state index in [4.69, 9.17) is 51.9 Å². The molecule has 0 unspecified atom stereocenters. The highest BCUT2D eigenvalue weighted by atomic mass is 32.3. The molecule has 3 amide bonds. The highest BCUT2D eigenvalue weighted by molar-refractivity contribution is 7.80. The number of aliphatic hydroxyl groups is 17. The van der Waals surface area contributed by atoms with E-state index in [0.29, 0.717) is 0 Å². The molecule has 466 valence electrons. The number of amides is 3. The third-order valence-electron chi connectivity index (χ3n) is 13.5. The zero-order valence-corrected chi connectivity index (χ0v) is 43.5. The number of nitrogens with one attached hydrogen (secondary N) is 3. The number of aliphatic hydroxyl groups excluding tert-OH is 17. The number of hydrogen-bond acceptors (Lipinski definition) is 33. The molecule has 5 heterocycles. The first-order valence-electron chi connectivity index (χ1n) is 24.7. The van der Waals surface area contributed by atoms with Crippen LogP contribution in [0.15, 0.2) is 0 Å². The van der Waals surface area contributed by atoms with E-state index >= 15 is 0 Å². The van der Waals surface area contributed by atoms with Gasteiger partial charge in [-0.15, -0.1) is 0 Å². The van der Waals surface area contributed by atoms with Crippen molar-refractivity contribution in [1.29, 1.82) is 0 Å². The average Bonchev–Trinajstić information content (AvgIpc) is 3.40. The Kier molecular flexibility index (Phi) is 25.3. The van der Waals surface area contributed by atoms with Crippen molar-refractivity contribution in [2.24, 2.45) is 0 Å². The minimum Gasteiger partial charge on any atom is -0.394 e. The third kappa shape index (κ3) is 16.5. The van der Waals surface area contributed by atoms with Gasteiger partial charge in [-0.2, -0.15) is 8.42 Å². The van der Waals surface area contributed by atoms with Gasteiger partial charge < -0.3 is 150 Å². The molecule has 0 aromatic carbocycles. The van der Waals surface area contributed by atoms with Crippen LogP contribution in [0.5, 0.6) is 0 Å². The summed E-state index contributed by atoms with van der Waals surface area (Å²) in [6.07, 6.45) is -51.7. The molecule has 0 bridgehead atoms. The van der Waals surface area contributed by atoms with Crippen molar-refractivity contribution in [3.8, 4) is 0 Å². The summed E-state index contributed by atoms with van der Waals surface area (Å²) in [5.41, 5.74) is 0. The highest BCUT2D eigenvalue weighted by Crippen LogP contribution is 2.35. The van der Waals surface area contributed by atoms with Gasteiger partial charge in [0.1, 0.15) is 140 Å². The van der Waals surface area contributed by atoms with E-state index < -0.39 is 252 Å². The summed E-state index contributed by atoms with van der Waals surface area (Å²) in [6.45, 7) is -4.46. The summed E-state index contributed by atoms with van der Waals surface area (Å²) < 4.78 is 92.1. The molecule has 80 heavy (non-hydrogen) atoms. The Balaban J connectivity index is 1.35. The lowest BCUT2D eigenvalue weighted by Crippen LogP contribution is -2.69. The molecule has 5 aliphatic rings. The van der Waals surface area contributed by atoms with Crippen molar-refractivity contribution in [3.05, 3.63) is 0 Å². The molecule has 0 aromatic rings. The predicted molar refractivity (Wildman–Crippen MR) is 247 cm³/mol. The first kappa shape index (κ1) is 68.0. The number of ether oxygens (including phenoxy) is 10. The maximum Gasteiger partial charge on any atom is 0.397 e. The maximum atomic E-state index is 12.5. The fourth-order valence-electron chi connectivity index (χ4n) is 9.37. The van der Waals surface area contributed by atoms with Gasteiger partial charge in [0, 0.05) is 20.8 Å². The predicted octanol–water partition coefficient (Wildman–Crippen LogP) is -14.2. The maximum absolute atomic E-state index is 12.5. The fourth-order valence-corrected chi connectivity index (χ4v) is 9.67. The van der Waals surface area contributed by atoms with Crippen LogP contribution >= 0.6 is 0 Å². The average molecular weight is 1200 g/mol. The van der Waals surface area contributed by atoms with Crippen LogP contribution < -0.4 is 16.0 Å². The Morgan fingerprint density at radius 2 is 0.925 bits per heavy atom. The molecule has 0 saturated carbocycles. The third-order valence-corrected chi connectivity index (χ3v) is 13.9. The van der Waals surface area contributed by atoms with E-state index in [1.165, 1.54) is 0 Å². The quantitative estimate of drug-likeness (QED) is 0.0378. The van der Waals surface area contributed by atoms with Crippen LogP contribution in [0.2, 0.25) is 0 Å². The Morgan fingerprint density at radius 1 is 0.500 bits per heavy atom. The van der Waals surface area contributed by atoms with E-state index in [2.05, 4.69) is 20.1 Å². The van der Waals surface area contributed by atoms with Crippen LogP contribution in [0.4, 0.5) is 0 Å².